The van der Waals surface area contributed by atoms with E-state index < -0.39 is 11.9 Å². The van der Waals surface area contributed by atoms with Gasteiger partial charge in [-0.3, -0.25) is 4.79 Å². The zero-order valence-corrected chi connectivity index (χ0v) is 14.3. The third kappa shape index (κ3) is 3.62. The van der Waals surface area contributed by atoms with Crippen molar-refractivity contribution < 1.29 is 9.53 Å². The molecule has 0 spiro atoms. The molecule has 0 aliphatic rings. The molecular formula is C18H22N4O2. The molecule has 1 atom stereocenters. The van der Waals surface area contributed by atoms with Crippen molar-refractivity contribution in [3.05, 3.63) is 30.0 Å². The molecule has 1 heterocycles. The molecule has 126 valence electrons. The molecule has 24 heavy (non-hydrogen) atoms. The van der Waals surface area contributed by atoms with Crippen LogP contribution in [0.2, 0.25) is 0 Å². The molecule has 0 unspecified atom stereocenters. The predicted molar refractivity (Wildman–Crippen MR) is 92.7 cm³/mol. The van der Waals surface area contributed by atoms with E-state index in [0.717, 1.165) is 31.4 Å². The standard InChI is InChI=1S/C18H22N4O2/c1-4-6-11-22(5-2)17-16(13(12-19)18(23)24-3)20-14-9-7-8-10-15(14)21-17/h7-10,13H,4-6,11H2,1-3H3/t13-/m0/s1. The van der Waals surface area contributed by atoms with Gasteiger partial charge in [0.25, 0.3) is 0 Å². The number of ether oxygens (including phenoxy) is 1. The number of esters is 1. The highest BCUT2D eigenvalue weighted by atomic mass is 16.5. The molecule has 0 bridgehead atoms. The molecule has 0 aliphatic heterocycles. The quantitative estimate of drug-likeness (QED) is 0.728. The summed E-state index contributed by atoms with van der Waals surface area (Å²) in [5.41, 5.74) is 1.76. The van der Waals surface area contributed by atoms with Gasteiger partial charge in [0.2, 0.25) is 0 Å². The van der Waals surface area contributed by atoms with Crippen molar-refractivity contribution in [2.24, 2.45) is 0 Å². The molecule has 6 nitrogen and oxygen atoms in total. The summed E-state index contributed by atoms with van der Waals surface area (Å²) in [5, 5.41) is 9.47. The van der Waals surface area contributed by atoms with Gasteiger partial charge in [0.05, 0.1) is 24.2 Å². The highest BCUT2D eigenvalue weighted by molar-refractivity contribution is 5.85. The van der Waals surface area contributed by atoms with E-state index in [1.165, 1.54) is 7.11 Å². The molecule has 0 fully saturated rings. The molecular weight excluding hydrogens is 304 g/mol. The minimum Gasteiger partial charge on any atom is -0.468 e. The molecule has 0 saturated heterocycles. The second-order valence-electron chi connectivity index (χ2n) is 5.44. The number of hydrogen-bond donors (Lipinski definition) is 0. The van der Waals surface area contributed by atoms with Crippen molar-refractivity contribution in [2.75, 3.05) is 25.1 Å². The lowest BCUT2D eigenvalue weighted by molar-refractivity contribution is -0.141. The number of rotatable bonds is 7. The zero-order valence-electron chi connectivity index (χ0n) is 14.3. The van der Waals surface area contributed by atoms with Crippen LogP contribution in [0.3, 0.4) is 0 Å². The van der Waals surface area contributed by atoms with Crippen LogP contribution in [-0.4, -0.2) is 36.1 Å². The van der Waals surface area contributed by atoms with Gasteiger partial charge in [-0.25, -0.2) is 9.97 Å². The largest absolute Gasteiger partial charge is 0.468 e. The van der Waals surface area contributed by atoms with Crippen molar-refractivity contribution >= 4 is 22.8 Å². The highest BCUT2D eigenvalue weighted by Gasteiger charge is 2.29. The van der Waals surface area contributed by atoms with Gasteiger partial charge in [-0.1, -0.05) is 25.5 Å². The summed E-state index contributed by atoms with van der Waals surface area (Å²) in [5.74, 6) is -1.12. The first-order valence-electron chi connectivity index (χ1n) is 8.15. The molecule has 2 aromatic rings. The monoisotopic (exact) mass is 326 g/mol. The van der Waals surface area contributed by atoms with Gasteiger partial charge in [0.1, 0.15) is 5.69 Å². The van der Waals surface area contributed by atoms with Crippen molar-refractivity contribution in [2.45, 2.75) is 32.6 Å². The average Bonchev–Trinajstić information content (AvgIpc) is 2.62. The van der Waals surface area contributed by atoms with Gasteiger partial charge >= 0.3 is 5.97 Å². The lowest BCUT2D eigenvalue weighted by atomic mass is 10.1. The Kier molecular flexibility index (Phi) is 6.07. The Balaban J connectivity index is 2.62. The van der Waals surface area contributed by atoms with Gasteiger partial charge in [-0.2, -0.15) is 5.26 Å². The molecule has 0 radical (unpaired) electrons. The first-order valence-corrected chi connectivity index (χ1v) is 8.15. The summed E-state index contributed by atoms with van der Waals surface area (Å²) < 4.78 is 4.77. The molecule has 0 aliphatic carbocycles. The Labute approximate surface area is 142 Å². The molecule has 0 saturated carbocycles. The average molecular weight is 326 g/mol. The molecule has 0 N–H and O–H groups in total. The first-order chi connectivity index (χ1) is 11.7. The second-order valence-corrected chi connectivity index (χ2v) is 5.44. The van der Waals surface area contributed by atoms with E-state index in [9.17, 15) is 10.1 Å². The number of carbonyl (C=O) groups excluding carboxylic acids is 1. The molecule has 6 heteroatoms. The maximum absolute atomic E-state index is 12.0. The Morgan fingerprint density at radius 3 is 2.50 bits per heavy atom. The SMILES string of the molecule is CCCCN(CC)c1nc2ccccc2nc1[C@H](C#N)C(=O)OC. The minimum absolute atomic E-state index is 0.362. The summed E-state index contributed by atoms with van der Waals surface area (Å²) in [4.78, 5) is 23.3. The smallest absolute Gasteiger partial charge is 0.329 e. The van der Waals surface area contributed by atoms with E-state index in [4.69, 9.17) is 4.74 Å². The topological polar surface area (TPSA) is 79.1 Å². The molecule has 1 aromatic heterocycles. The molecule has 2 rings (SSSR count). The van der Waals surface area contributed by atoms with Crippen LogP contribution >= 0.6 is 0 Å². The third-order valence-corrected chi connectivity index (χ3v) is 3.88. The van der Waals surface area contributed by atoms with Crippen molar-refractivity contribution in [1.82, 2.24) is 9.97 Å². The fraction of sp³-hybridized carbons (Fsp3) is 0.444. The van der Waals surface area contributed by atoms with E-state index in [2.05, 4.69) is 21.8 Å². The van der Waals surface area contributed by atoms with Gasteiger partial charge < -0.3 is 9.64 Å². The van der Waals surface area contributed by atoms with Crippen LogP contribution < -0.4 is 4.90 Å². The van der Waals surface area contributed by atoms with Crippen LogP contribution in [0.4, 0.5) is 5.82 Å². The fourth-order valence-electron chi connectivity index (χ4n) is 2.54. The number of methoxy groups -OCH3 is 1. The molecule has 1 aromatic carbocycles. The first kappa shape index (κ1) is 17.7. The van der Waals surface area contributed by atoms with Crippen molar-refractivity contribution in [3.8, 4) is 6.07 Å². The van der Waals surface area contributed by atoms with E-state index in [-0.39, 0.29) is 0 Å². The Hall–Kier alpha value is -2.68. The number of carbonyl (C=O) groups is 1. The lowest BCUT2D eigenvalue weighted by Gasteiger charge is -2.25. The summed E-state index contributed by atoms with van der Waals surface area (Å²) >= 11 is 0. The van der Waals surface area contributed by atoms with Gasteiger partial charge in [-0.15, -0.1) is 0 Å². The summed E-state index contributed by atoms with van der Waals surface area (Å²) in [6, 6.07) is 9.46. The number of aromatic nitrogens is 2. The Bertz CT molecular complexity index is 754. The number of hydrogen-bond acceptors (Lipinski definition) is 6. The number of nitriles is 1. The third-order valence-electron chi connectivity index (χ3n) is 3.88. The van der Waals surface area contributed by atoms with E-state index in [1.54, 1.807) is 0 Å². The number of anilines is 1. The number of fused-ring (bicyclic) bond motifs is 1. The summed E-state index contributed by atoms with van der Waals surface area (Å²) in [6.07, 6.45) is 2.04. The predicted octanol–water partition coefficient (Wildman–Crippen LogP) is 3.04. The summed E-state index contributed by atoms with van der Waals surface area (Å²) in [6.45, 7) is 5.66. The van der Waals surface area contributed by atoms with Crippen LogP contribution in [0.5, 0.6) is 0 Å². The van der Waals surface area contributed by atoms with Crippen LogP contribution in [0.1, 0.15) is 38.3 Å². The van der Waals surface area contributed by atoms with Crippen LogP contribution in [0, 0.1) is 11.3 Å². The van der Waals surface area contributed by atoms with Crippen LogP contribution in [0.15, 0.2) is 24.3 Å². The van der Waals surface area contributed by atoms with Crippen LogP contribution in [0.25, 0.3) is 11.0 Å². The van der Waals surface area contributed by atoms with Gasteiger partial charge in [0.15, 0.2) is 11.7 Å². The maximum Gasteiger partial charge on any atom is 0.329 e. The van der Waals surface area contributed by atoms with Gasteiger partial charge in [-0.05, 0) is 25.5 Å². The minimum atomic E-state index is -1.09. The zero-order chi connectivity index (χ0) is 17.5. The Morgan fingerprint density at radius 2 is 1.96 bits per heavy atom. The second kappa shape index (κ2) is 8.25. The van der Waals surface area contributed by atoms with E-state index >= 15 is 0 Å². The van der Waals surface area contributed by atoms with Crippen LogP contribution in [-0.2, 0) is 9.53 Å². The lowest BCUT2D eigenvalue weighted by Crippen LogP contribution is -2.28. The highest BCUT2D eigenvalue weighted by Crippen LogP contribution is 2.28. The normalized spacial score (nSPS) is 11.8. The van der Waals surface area contributed by atoms with Gasteiger partial charge in [0, 0.05) is 13.1 Å². The molecule has 0 amide bonds. The number of unbranched alkanes of at least 4 members (excludes halogenated alkanes) is 1. The van der Waals surface area contributed by atoms with E-state index in [1.807, 2.05) is 37.3 Å². The van der Waals surface area contributed by atoms with Crippen molar-refractivity contribution in [1.29, 1.82) is 5.26 Å². The maximum atomic E-state index is 12.0. The fourth-order valence-corrected chi connectivity index (χ4v) is 2.54. The van der Waals surface area contributed by atoms with Crippen molar-refractivity contribution in [3.63, 3.8) is 0 Å². The Morgan fingerprint density at radius 1 is 1.29 bits per heavy atom. The summed E-state index contributed by atoms with van der Waals surface area (Å²) in [7, 11) is 1.27. The number of benzene rings is 1. The number of para-hydroxylation sites is 2. The number of nitrogens with zero attached hydrogens (tertiary/aromatic N) is 4. The van der Waals surface area contributed by atoms with E-state index in [0.29, 0.717) is 17.0 Å².